The molecule has 1 aliphatic heterocycles. The predicted octanol–water partition coefficient (Wildman–Crippen LogP) is 2.86. The highest BCUT2D eigenvalue weighted by molar-refractivity contribution is 5.99. The van der Waals surface area contributed by atoms with Crippen LogP contribution in [-0.2, 0) is 0 Å². The molecule has 0 aliphatic carbocycles. The quantitative estimate of drug-likeness (QED) is 0.591. The van der Waals surface area contributed by atoms with E-state index in [4.69, 9.17) is 0 Å². The fraction of sp³-hybridized carbons (Fsp3) is 0.588. The van der Waals surface area contributed by atoms with E-state index in [0.717, 1.165) is 13.0 Å². The van der Waals surface area contributed by atoms with Crippen LogP contribution in [0.15, 0.2) is 24.3 Å². The number of nitrogens with zero attached hydrogens (tertiary/aromatic N) is 1. The van der Waals surface area contributed by atoms with Gasteiger partial charge in [0, 0.05) is 5.56 Å². The minimum absolute atomic E-state index is 0.0227. The molecule has 1 aromatic rings. The van der Waals surface area contributed by atoms with Crippen molar-refractivity contribution in [1.82, 2.24) is 10.2 Å². The van der Waals surface area contributed by atoms with Crippen molar-refractivity contribution in [2.45, 2.75) is 38.6 Å². The lowest BCUT2D eigenvalue weighted by Crippen LogP contribution is -2.35. The van der Waals surface area contributed by atoms with E-state index >= 15 is 0 Å². The summed E-state index contributed by atoms with van der Waals surface area (Å²) in [5.41, 5.74) is 0.563. The molecule has 1 unspecified atom stereocenters. The Kier molecular flexibility index (Phi) is 6.33. The molecule has 1 aromatic carbocycles. The molecule has 1 N–H and O–H groups in total. The first-order valence-electron chi connectivity index (χ1n) is 7.92. The Morgan fingerprint density at radius 3 is 2.57 bits per heavy atom. The Bertz CT molecular complexity index is 441. The number of carbonyl (C=O) groups excluding carboxylic acids is 1. The van der Waals surface area contributed by atoms with Gasteiger partial charge in [-0.3, -0.25) is 4.79 Å². The molecular weight excluding hydrogens is 267 g/mol. The van der Waals surface area contributed by atoms with E-state index in [2.05, 4.69) is 10.2 Å². The average molecular weight is 292 g/mol. The molecule has 0 radical (unpaired) electrons. The second kappa shape index (κ2) is 8.25. The van der Waals surface area contributed by atoms with Crippen molar-refractivity contribution in [3.05, 3.63) is 35.6 Å². The second-order valence-electron chi connectivity index (χ2n) is 5.80. The topological polar surface area (TPSA) is 32.3 Å². The summed E-state index contributed by atoms with van der Waals surface area (Å²) < 4.78 is 12.8. The maximum Gasteiger partial charge on any atom is 0.179 e. The average Bonchev–Trinajstić information content (AvgIpc) is 3.00. The lowest BCUT2D eigenvalue weighted by atomic mass is 10.1. The van der Waals surface area contributed by atoms with Crippen LogP contribution in [0.25, 0.3) is 0 Å². The summed E-state index contributed by atoms with van der Waals surface area (Å²) in [4.78, 5) is 14.6. The van der Waals surface area contributed by atoms with Gasteiger partial charge < -0.3 is 10.2 Å². The summed E-state index contributed by atoms with van der Waals surface area (Å²) in [5.74, 6) is -0.288. The highest BCUT2D eigenvalue weighted by Gasteiger charge is 2.14. The SMILES string of the molecule is CC(NCCCCN1CCCC1)C(=O)c1ccc(F)cc1. The van der Waals surface area contributed by atoms with Crippen molar-refractivity contribution in [3.8, 4) is 0 Å². The van der Waals surface area contributed by atoms with Crippen LogP contribution in [-0.4, -0.2) is 42.9 Å². The van der Waals surface area contributed by atoms with Crippen LogP contribution in [0.3, 0.4) is 0 Å². The van der Waals surface area contributed by atoms with Gasteiger partial charge >= 0.3 is 0 Å². The van der Waals surface area contributed by atoms with E-state index in [-0.39, 0.29) is 17.6 Å². The summed E-state index contributed by atoms with van der Waals surface area (Å²) in [5, 5.41) is 3.26. The molecule has 0 aromatic heterocycles. The molecule has 4 heteroatoms. The standard InChI is InChI=1S/C17H25FN2O/c1-14(17(21)15-6-8-16(18)9-7-15)19-10-2-3-11-20-12-4-5-13-20/h6-9,14,19H,2-5,10-13H2,1H3. The van der Waals surface area contributed by atoms with Crippen molar-refractivity contribution in [2.75, 3.05) is 26.2 Å². The number of nitrogens with one attached hydrogen (secondary N) is 1. The van der Waals surface area contributed by atoms with E-state index in [1.807, 2.05) is 6.92 Å². The minimum atomic E-state index is -0.311. The molecule has 21 heavy (non-hydrogen) atoms. The van der Waals surface area contributed by atoms with Gasteiger partial charge in [-0.1, -0.05) is 0 Å². The zero-order valence-corrected chi connectivity index (χ0v) is 12.8. The zero-order chi connectivity index (χ0) is 15.1. The minimum Gasteiger partial charge on any atom is -0.307 e. The molecule has 0 amide bonds. The first-order chi connectivity index (χ1) is 10.2. The van der Waals surface area contributed by atoms with Gasteiger partial charge in [0.2, 0.25) is 0 Å². The van der Waals surface area contributed by atoms with E-state index in [9.17, 15) is 9.18 Å². The Morgan fingerprint density at radius 2 is 1.90 bits per heavy atom. The number of unbranched alkanes of at least 4 members (excludes halogenated alkanes) is 1. The Hall–Kier alpha value is -1.26. The fourth-order valence-corrected chi connectivity index (χ4v) is 2.74. The number of likely N-dealkylation sites (tertiary alicyclic amines) is 1. The molecule has 1 aliphatic rings. The maximum absolute atomic E-state index is 12.8. The first kappa shape index (κ1) is 16.1. The van der Waals surface area contributed by atoms with Crippen LogP contribution in [0.5, 0.6) is 0 Å². The number of hydrogen-bond acceptors (Lipinski definition) is 3. The molecule has 116 valence electrons. The van der Waals surface area contributed by atoms with Crippen LogP contribution in [0.1, 0.15) is 43.0 Å². The Labute approximate surface area is 126 Å². The molecule has 1 heterocycles. The lowest BCUT2D eigenvalue weighted by molar-refractivity contribution is 0.0951. The summed E-state index contributed by atoms with van der Waals surface area (Å²) in [6, 6.07) is 5.53. The number of halogens is 1. The third-order valence-corrected chi connectivity index (χ3v) is 4.07. The highest BCUT2D eigenvalue weighted by Crippen LogP contribution is 2.08. The molecule has 1 fully saturated rings. The first-order valence-corrected chi connectivity index (χ1v) is 7.92. The number of benzene rings is 1. The fourth-order valence-electron chi connectivity index (χ4n) is 2.74. The Morgan fingerprint density at radius 1 is 1.24 bits per heavy atom. The van der Waals surface area contributed by atoms with E-state index in [0.29, 0.717) is 5.56 Å². The predicted molar refractivity (Wildman–Crippen MR) is 83.1 cm³/mol. The molecule has 0 saturated carbocycles. The monoisotopic (exact) mass is 292 g/mol. The van der Waals surface area contributed by atoms with Gasteiger partial charge in [0.25, 0.3) is 0 Å². The van der Waals surface area contributed by atoms with Gasteiger partial charge in [-0.2, -0.15) is 0 Å². The summed E-state index contributed by atoms with van der Waals surface area (Å²) >= 11 is 0. The van der Waals surface area contributed by atoms with Gasteiger partial charge in [-0.15, -0.1) is 0 Å². The molecular formula is C17H25FN2O. The normalized spacial score (nSPS) is 17.0. The van der Waals surface area contributed by atoms with Crippen molar-refractivity contribution >= 4 is 5.78 Å². The van der Waals surface area contributed by atoms with Crippen molar-refractivity contribution in [1.29, 1.82) is 0 Å². The summed E-state index contributed by atoms with van der Waals surface area (Å²) in [6.45, 7) is 6.37. The lowest BCUT2D eigenvalue weighted by Gasteiger charge is -2.15. The number of hydrogen-bond donors (Lipinski definition) is 1. The third-order valence-electron chi connectivity index (χ3n) is 4.07. The Balaban J connectivity index is 1.63. The van der Waals surface area contributed by atoms with Crippen LogP contribution >= 0.6 is 0 Å². The van der Waals surface area contributed by atoms with Gasteiger partial charge in [-0.25, -0.2) is 4.39 Å². The summed E-state index contributed by atoms with van der Waals surface area (Å²) in [6.07, 6.45) is 4.92. The van der Waals surface area contributed by atoms with Crippen LogP contribution in [0.2, 0.25) is 0 Å². The molecule has 0 bridgehead atoms. The highest BCUT2D eigenvalue weighted by atomic mass is 19.1. The summed E-state index contributed by atoms with van der Waals surface area (Å²) in [7, 11) is 0. The largest absolute Gasteiger partial charge is 0.307 e. The van der Waals surface area contributed by atoms with Crippen molar-refractivity contribution in [3.63, 3.8) is 0 Å². The van der Waals surface area contributed by atoms with Crippen LogP contribution < -0.4 is 5.32 Å². The van der Waals surface area contributed by atoms with Crippen molar-refractivity contribution < 1.29 is 9.18 Å². The zero-order valence-electron chi connectivity index (χ0n) is 12.8. The smallest absolute Gasteiger partial charge is 0.179 e. The van der Waals surface area contributed by atoms with E-state index in [1.54, 1.807) is 12.1 Å². The third kappa shape index (κ3) is 5.21. The molecule has 1 atom stereocenters. The van der Waals surface area contributed by atoms with Gasteiger partial charge in [0.1, 0.15) is 5.82 Å². The number of Topliss-reactive ketones (excluding diaryl/α,β-unsaturated/α-hetero) is 1. The van der Waals surface area contributed by atoms with Crippen LogP contribution in [0.4, 0.5) is 4.39 Å². The number of carbonyl (C=O) groups is 1. The molecule has 2 rings (SSSR count). The van der Waals surface area contributed by atoms with E-state index in [1.165, 1.54) is 51.0 Å². The number of ketones is 1. The van der Waals surface area contributed by atoms with Gasteiger partial charge in [0.05, 0.1) is 6.04 Å². The van der Waals surface area contributed by atoms with Crippen molar-refractivity contribution in [2.24, 2.45) is 0 Å². The molecule has 0 spiro atoms. The number of rotatable bonds is 8. The van der Waals surface area contributed by atoms with E-state index < -0.39 is 0 Å². The van der Waals surface area contributed by atoms with Gasteiger partial charge in [0.15, 0.2) is 5.78 Å². The molecule has 1 saturated heterocycles. The van der Waals surface area contributed by atoms with Gasteiger partial charge in [-0.05, 0) is 83.1 Å². The second-order valence-corrected chi connectivity index (χ2v) is 5.80. The van der Waals surface area contributed by atoms with Crippen LogP contribution in [0, 0.1) is 5.82 Å². The maximum atomic E-state index is 12.8. The molecule has 3 nitrogen and oxygen atoms in total.